The second kappa shape index (κ2) is 7.04. The summed E-state index contributed by atoms with van der Waals surface area (Å²) in [4.78, 5) is 23.4. The monoisotopic (exact) mass is 346 g/mol. The summed E-state index contributed by atoms with van der Waals surface area (Å²) in [5, 5.41) is 4.27. The predicted octanol–water partition coefficient (Wildman–Crippen LogP) is 4.24. The quantitative estimate of drug-likeness (QED) is 0.488. The fourth-order valence-corrected chi connectivity index (χ4v) is 3.34. The number of nitrogens with zero attached hydrogens (tertiary/aromatic N) is 1. The molecule has 0 saturated heterocycles. The third kappa shape index (κ3) is 3.33. The molecule has 0 fully saturated rings. The Bertz CT molecular complexity index is 1010. The van der Waals surface area contributed by atoms with Crippen molar-refractivity contribution in [2.75, 3.05) is 0 Å². The lowest BCUT2D eigenvalue weighted by molar-refractivity contribution is -0.121. The number of para-hydroxylation sites is 3. The molecule has 0 bridgehead atoms. The van der Waals surface area contributed by atoms with Crippen LogP contribution in [-0.4, -0.2) is 20.9 Å². The first-order chi connectivity index (χ1) is 12.7. The zero-order valence-corrected chi connectivity index (χ0v) is 14.8. The number of carbonyl (C=O) groups excluding carboxylic acids is 1. The van der Waals surface area contributed by atoms with E-state index in [0.29, 0.717) is 6.42 Å². The number of hydrogen-bond donors (Lipinski definition) is 3. The summed E-state index contributed by atoms with van der Waals surface area (Å²) < 4.78 is 0. The van der Waals surface area contributed by atoms with E-state index in [1.54, 1.807) is 0 Å². The Morgan fingerprint density at radius 2 is 1.88 bits per heavy atom. The van der Waals surface area contributed by atoms with E-state index < -0.39 is 0 Å². The fraction of sp³-hybridized carbons (Fsp3) is 0.238. The first-order valence-corrected chi connectivity index (χ1v) is 9.00. The predicted molar refractivity (Wildman–Crippen MR) is 104 cm³/mol. The average Bonchev–Trinajstić information content (AvgIpc) is 3.26. The molecule has 26 heavy (non-hydrogen) atoms. The van der Waals surface area contributed by atoms with Crippen molar-refractivity contribution < 1.29 is 4.79 Å². The topological polar surface area (TPSA) is 73.6 Å². The van der Waals surface area contributed by atoms with Gasteiger partial charge in [0.05, 0.1) is 17.1 Å². The minimum Gasteiger partial charge on any atom is -0.361 e. The van der Waals surface area contributed by atoms with Crippen molar-refractivity contribution in [3.05, 3.63) is 66.1 Å². The first kappa shape index (κ1) is 16.4. The molecule has 132 valence electrons. The van der Waals surface area contributed by atoms with Gasteiger partial charge in [-0.25, -0.2) is 4.98 Å². The van der Waals surface area contributed by atoms with Crippen molar-refractivity contribution in [3.8, 4) is 0 Å². The number of rotatable bonds is 6. The number of fused-ring (bicyclic) bond motifs is 2. The highest BCUT2D eigenvalue weighted by Gasteiger charge is 2.13. The fourth-order valence-electron chi connectivity index (χ4n) is 3.34. The van der Waals surface area contributed by atoms with Gasteiger partial charge in [-0.2, -0.15) is 0 Å². The zero-order valence-electron chi connectivity index (χ0n) is 14.8. The molecule has 0 radical (unpaired) electrons. The number of imidazole rings is 1. The Morgan fingerprint density at radius 1 is 1.12 bits per heavy atom. The summed E-state index contributed by atoms with van der Waals surface area (Å²) in [6.45, 7) is 1.95. The Labute approximate surface area is 151 Å². The van der Waals surface area contributed by atoms with E-state index >= 15 is 0 Å². The van der Waals surface area contributed by atoms with Crippen LogP contribution in [-0.2, 0) is 11.2 Å². The maximum Gasteiger partial charge on any atom is 0.220 e. The minimum atomic E-state index is -0.136. The van der Waals surface area contributed by atoms with E-state index in [1.807, 2.05) is 49.5 Å². The van der Waals surface area contributed by atoms with Crippen molar-refractivity contribution in [1.29, 1.82) is 0 Å². The minimum absolute atomic E-state index is 0.0535. The largest absolute Gasteiger partial charge is 0.361 e. The van der Waals surface area contributed by atoms with Gasteiger partial charge in [-0.05, 0) is 43.5 Å². The number of aryl methyl sites for hydroxylation is 1. The molecule has 4 rings (SSSR count). The first-order valence-electron chi connectivity index (χ1n) is 9.00. The molecule has 1 atom stereocenters. The summed E-state index contributed by atoms with van der Waals surface area (Å²) in [6.07, 6.45) is 4.25. The Kier molecular flexibility index (Phi) is 4.44. The van der Waals surface area contributed by atoms with Crippen LogP contribution in [0.3, 0.4) is 0 Å². The summed E-state index contributed by atoms with van der Waals surface area (Å²) >= 11 is 0. The number of aromatic nitrogens is 3. The number of aromatic amines is 2. The molecule has 5 heteroatoms. The molecule has 4 aromatic rings. The molecule has 2 heterocycles. The summed E-state index contributed by atoms with van der Waals surface area (Å²) in [6, 6.07) is 16.0. The molecule has 3 N–H and O–H groups in total. The third-order valence-electron chi connectivity index (χ3n) is 4.72. The molecule has 2 aromatic carbocycles. The third-order valence-corrected chi connectivity index (χ3v) is 4.72. The van der Waals surface area contributed by atoms with Crippen molar-refractivity contribution in [2.24, 2.45) is 0 Å². The lowest BCUT2D eigenvalue weighted by Gasteiger charge is -2.11. The highest BCUT2D eigenvalue weighted by Crippen LogP contribution is 2.20. The van der Waals surface area contributed by atoms with Gasteiger partial charge in [0.25, 0.3) is 0 Å². The number of hydrogen-bond acceptors (Lipinski definition) is 2. The van der Waals surface area contributed by atoms with E-state index in [9.17, 15) is 4.79 Å². The number of benzene rings is 2. The molecule has 1 amide bonds. The molecule has 0 saturated carbocycles. The second-order valence-electron chi connectivity index (χ2n) is 6.64. The molecular weight excluding hydrogens is 324 g/mol. The van der Waals surface area contributed by atoms with Gasteiger partial charge in [0, 0.05) is 23.5 Å². The SMILES string of the molecule is C[C@@H](NC(=O)CCCc1c[nH]c2ccccc12)c1nc2ccccc2[nH]1. The van der Waals surface area contributed by atoms with Crippen LogP contribution < -0.4 is 5.32 Å². The number of nitrogens with one attached hydrogen (secondary N) is 3. The summed E-state index contributed by atoms with van der Waals surface area (Å²) in [7, 11) is 0. The maximum atomic E-state index is 12.3. The Hall–Kier alpha value is -3.08. The van der Waals surface area contributed by atoms with Gasteiger partial charge in [-0.3, -0.25) is 4.79 Å². The average molecular weight is 346 g/mol. The molecule has 0 aliphatic heterocycles. The standard InChI is InChI=1S/C21H22N4O/c1-14(21-24-18-10-4-5-11-19(18)25-21)23-20(26)12-6-7-15-13-22-17-9-3-2-8-16(15)17/h2-5,8-11,13-14,22H,6-7,12H2,1H3,(H,23,26)(H,24,25)/t14-/m1/s1. The molecule has 5 nitrogen and oxygen atoms in total. The molecule has 0 spiro atoms. The molecule has 0 aliphatic carbocycles. The van der Waals surface area contributed by atoms with Gasteiger partial charge in [-0.1, -0.05) is 30.3 Å². The van der Waals surface area contributed by atoms with E-state index in [0.717, 1.165) is 35.2 Å². The lowest BCUT2D eigenvalue weighted by Crippen LogP contribution is -2.27. The van der Waals surface area contributed by atoms with Gasteiger partial charge in [0.1, 0.15) is 5.82 Å². The van der Waals surface area contributed by atoms with Gasteiger partial charge in [0.2, 0.25) is 5.91 Å². The summed E-state index contributed by atoms with van der Waals surface area (Å²) in [5.41, 5.74) is 4.31. The molecule has 2 aromatic heterocycles. The van der Waals surface area contributed by atoms with Crippen LogP contribution in [0.2, 0.25) is 0 Å². The molecule has 0 unspecified atom stereocenters. The van der Waals surface area contributed by atoms with Crippen LogP contribution in [0.1, 0.15) is 37.2 Å². The van der Waals surface area contributed by atoms with Gasteiger partial charge < -0.3 is 15.3 Å². The van der Waals surface area contributed by atoms with E-state index in [-0.39, 0.29) is 11.9 Å². The van der Waals surface area contributed by atoms with Gasteiger partial charge >= 0.3 is 0 Å². The van der Waals surface area contributed by atoms with E-state index in [4.69, 9.17) is 0 Å². The zero-order chi connectivity index (χ0) is 17.9. The number of H-pyrrole nitrogens is 2. The van der Waals surface area contributed by atoms with Crippen molar-refractivity contribution in [2.45, 2.75) is 32.2 Å². The molecule has 0 aliphatic rings. The smallest absolute Gasteiger partial charge is 0.220 e. The van der Waals surface area contributed by atoms with Crippen LogP contribution in [0.15, 0.2) is 54.7 Å². The van der Waals surface area contributed by atoms with Gasteiger partial charge in [0.15, 0.2) is 0 Å². The normalized spacial score (nSPS) is 12.5. The van der Waals surface area contributed by atoms with Crippen LogP contribution in [0.5, 0.6) is 0 Å². The maximum absolute atomic E-state index is 12.3. The van der Waals surface area contributed by atoms with E-state index in [1.165, 1.54) is 10.9 Å². The van der Waals surface area contributed by atoms with Crippen LogP contribution >= 0.6 is 0 Å². The van der Waals surface area contributed by atoms with E-state index in [2.05, 4.69) is 32.4 Å². The number of carbonyl (C=O) groups is 1. The van der Waals surface area contributed by atoms with Crippen molar-refractivity contribution >= 4 is 27.8 Å². The van der Waals surface area contributed by atoms with Crippen molar-refractivity contribution in [3.63, 3.8) is 0 Å². The highest BCUT2D eigenvalue weighted by atomic mass is 16.1. The van der Waals surface area contributed by atoms with Crippen LogP contribution in [0.4, 0.5) is 0 Å². The van der Waals surface area contributed by atoms with Crippen LogP contribution in [0, 0.1) is 0 Å². The summed E-state index contributed by atoms with van der Waals surface area (Å²) in [5.74, 6) is 0.842. The van der Waals surface area contributed by atoms with Crippen LogP contribution in [0.25, 0.3) is 21.9 Å². The highest BCUT2D eigenvalue weighted by molar-refractivity contribution is 5.83. The van der Waals surface area contributed by atoms with Gasteiger partial charge in [-0.15, -0.1) is 0 Å². The second-order valence-corrected chi connectivity index (χ2v) is 6.64. The number of amides is 1. The van der Waals surface area contributed by atoms with Crippen molar-refractivity contribution in [1.82, 2.24) is 20.3 Å². The lowest BCUT2D eigenvalue weighted by atomic mass is 10.1. The molecular formula is C21H22N4O. The Morgan fingerprint density at radius 3 is 2.73 bits per heavy atom. The Balaban J connectivity index is 1.32.